The highest BCUT2D eigenvalue weighted by molar-refractivity contribution is 7.92. The third kappa shape index (κ3) is 5.37. The molecule has 1 amide bonds. The van der Waals surface area contributed by atoms with Gasteiger partial charge in [0.1, 0.15) is 6.04 Å². The smallest absolute Gasteiger partial charge is 0.248 e. The van der Waals surface area contributed by atoms with E-state index in [0.29, 0.717) is 5.69 Å². The highest BCUT2D eigenvalue weighted by Gasteiger charge is 2.32. The molecule has 1 N–H and O–H groups in total. The van der Waals surface area contributed by atoms with E-state index in [2.05, 4.69) is 5.32 Å². The average molecular weight is 429 g/mol. The molecule has 146 valence electrons. The molecule has 0 heterocycles. The van der Waals surface area contributed by atoms with E-state index in [9.17, 15) is 13.2 Å². The Bertz CT molecular complexity index is 941. The molecule has 0 saturated carbocycles. The minimum Gasteiger partial charge on any atom is -0.324 e. The van der Waals surface area contributed by atoms with Gasteiger partial charge in [-0.1, -0.05) is 36.2 Å². The molecule has 0 aromatic heterocycles. The highest BCUT2D eigenvalue weighted by atomic mass is 35.5. The molecule has 0 aliphatic carbocycles. The summed E-state index contributed by atoms with van der Waals surface area (Å²) in [4.78, 5) is 12.9. The van der Waals surface area contributed by atoms with Gasteiger partial charge in [-0.3, -0.25) is 9.10 Å². The highest BCUT2D eigenvalue weighted by Crippen LogP contribution is 2.30. The zero-order valence-electron chi connectivity index (χ0n) is 15.6. The molecule has 27 heavy (non-hydrogen) atoms. The van der Waals surface area contributed by atoms with Crippen LogP contribution in [0.1, 0.15) is 24.5 Å². The lowest BCUT2D eigenvalue weighted by Gasteiger charge is -2.30. The van der Waals surface area contributed by atoms with Crippen LogP contribution in [0.2, 0.25) is 10.0 Å². The summed E-state index contributed by atoms with van der Waals surface area (Å²) in [6, 6.07) is 9.03. The van der Waals surface area contributed by atoms with Crippen LogP contribution in [-0.4, -0.2) is 26.6 Å². The molecule has 5 nitrogen and oxygen atoms in total. The first-order chi connectivity index (χ1) is 12.5. The fourth-order valence-corrected chi connectivity index (χ4v) is 4.48. The second kappa shape index (κ2) is 8.50. The fourth-order valence-electron chi connectivity index (χ4n) is 2.77. The summed E-state index contributed by atoms with van der Waals surface area (Å²) in [5, 5.41) is 3.38. The minimum atomic E-state index is -3.76. The van der Waals surface area contributed by atoms with E-state index in [4.69, 9.17) is 23.2 Å². The number of nitrogens with zero attached hydrogens (tertiary/aromatic N) is 1. The zero-order chi connectivity index (χ0) is 20.4. The van der Waals surface area contributed by atoms with E-state index in [0.717, 1.165) is 21.7 Å². The molecule has 1 atom stereocenters. The van der Waals surface area contributed by atoms with Crippen molar-refractivity contribution >= 4 is 50.5 Å². The molecule has 2 aromatic carbocycles. The van der Waals surface area contributed by atoms with Gasteiger partial charge in [-0.25, -0.2) is 8.42 Å². The van der Waals surface area contributed by atoms with Crippen LogP contribution in [0.5, 0.6) is 0 Å². The van der Waals surface area contributed by atoms with E-state index in [1.54, 1.807) is 13.0 Å². The number of sulfonamides is 1. The Morgan fingerprint density at radius 1 is 1.07 bits per heavy atom. The van der Waals surface area contributed by atoms with Crippen LogP contribution < -0.4 is 9.62 Å². The average Bonchev–Trinajstić information content (AvgIpc) is 2.53. The van der Waals surface area contributed by atoms with E-state index in [1.807, 2.05) is 26.0 Å². The summed E-state index contributed by atoms with van der Waals surface area (Å²) in [7, 11) is -3.76. The molecule has 2 aromatic rings. The van der Waals surface area contributed by atoms with Crippen molar-refractivity contribution in [2.24, 2.45) is 0 Å². The van der Waals surface area contributed by atoms with E-state index in [-0.39, 0.29) is 22.2 Å². The molecule has 2 rings (SSSR count). The van der Waals surface area contributed by atoms with Crippen molar-refractivity contribution in [2.45, 2.75) is 33.2 Å². The van der Waals surface area contributed by atoms with Gasteiger partial charge < -0.3 is 5.32 Å². The van der Waals surface area contributed by atoms with Gasteiger partial charge in [0, 0.05) is 15.7 Å². The Kier molecular flexibility index (Phi) is 6.78. The second-order valence-corrected chi connectivity index (χ2v) is 9.13. The fraction of sp³-hybridized carbons (Fsp3) is 0.316. The van der Waals surface area contributed by atoms with Crippen molar-refractivity contribution in [1.29, 1.82) is 0 Å². The number of hydrogen-bond acceptors (Lipinski definition) is 3. The summed E-state index contributed by atoms with van der Waals surface area (Å²) in [5.74, 6) is -0.428. The van der Waals surface area contributed by atoms with Crippen LogP contribution in [-0.2, 0) is 14.8 Å². The topological polar surface area (TPSA) is 66.5 Å². The maximum Gasteiger partial charge on any atom is 0.248 e. The van der Waals surface area contributed by atoms with Gasteiger partial charge in [-0.15, -0.1) is 0 Å². The lowest BCUT2D eigenvalue weighted by atomic mass is 10.1. The third-order valence-electron chi connectivity index (χ3n) is 4.21. The Balaban J connectivity index is 2.42. The largest absolute Gasteiger partial charge is 0.324 e. The maximum atomic E-state index is 12.9. The molecular weight excluding hydrogens is 407 g/mol. The van der Waals surface area contributed by atoms with Crippen molar-refractivity contribution in [3.8, 4) is 0 Å². The molecule has 0 aliphatic rings. The molecule has 0 spiro atoms. The number of halogens is 2. The Morgan fingerprint density at radius 2 is 1.67 bits per heavy atom. The van der Waals surface area contributed by atoms with Crippen LogP contribution in [0.4, 0.5) is 11.4 Å². The van der Waals surface area contributed by atoms with E-state index < -0.39 is 22.0 Å². The molecule has 0 radical (unpaired) electrons. The van der Waals surface area contributed by atoms with Crippen molar-refractivity contribution in [2.75, 3.05) is 15.9 Å². The lowest BCUT2D eigenvalue weighted by molar-refractivity contribution is -0.117. The van der Waals surface area contributed by atoms with Crippen LogP contribution >= 0.6 is 23.2 Å². The van der Waals surface area contributed by atoms with E-state index >= 15 is 0 Å². The van der Waals surface area contributed by atoms with Crippen molar-refractivity contribution in [1.82, 2.24) is 0 Å². The first-order valence-electron chi connectivity index (χ1n) is 8.36. The number of carbonyl (C=O) groups is 1. The summed E-state index contributed by atoms with van der Waals surface area (Å²) in [6.45, 7) is 5.66. The van der Waals surface area contributed by atoms with Crippen LogP contribution in [0.15, 0.2) is 36.4 Å². The number of rotatable bonds is 6. The number of amides is 1. The van der Waals surface area contributed by atoms with Gasteiger partial charge in [0.05, 0.1) is 11.9 Å². The molecule has 0 saturated heterocycles. The third-order valence-corrected chi connectivity index (χ3v) is 5.82. The summed E-state index contributed by atoms with van der Waals surface area (Å²) < 4.78 is 26.0. The Morgan fingerprint density at radius 3 is 2.15 bits per heavy atom. The Labute approximate surface area is 170 Å². The lowest BCUT2D eigenvalue weighted by Crippen LogP contribution is -2.47. The van der Waals surface area contributed by atoms with Crippen molar-refractivity contribution in [3.63, 3.8) is 0 Å². The molecule has 0 fully saturated rings. The van der Waals surface area contributed by atoms with Gasteiger partial charge in [-0.2, -0.15) is 0 Å². The number of benzene rings is 2. The predicted molar refractivity (Wildman–Crippen MR) is 112 cm³/mol. The number of nitrogens with one attached hydrogen (secondary N) is 1. The number of hydrogen-bond donors (Lipinski definition) is 1. The molecular formula is C19H22Cl2N2O3S. The summed E-state index contributed by atoms with van der Waals surface area (Å²) in [6.07, 6.45) is 1.32. The molecule has 0 aliphatic heterocycles. The van der Waals surface area contributed by atoms with E-state index in [1.165, 1.54) is 18.2 Å². The predicted octanol–water partition coefficient (Wildman–Crippen LogP) is 4.79. The van der Waals surface area contributed by atoms with Gasteiger partial charge >= 0.3 is 0 Å². The monoisotopic (exact) mass is 428 g/mol. The summed E-state index contributed by atoms with van der Waals surface area (Å²) >= 11 is 12.1. The molecule has 8 heteroatoms. The van der Waals surface area contributed by atoms with Crippen LogP contribution in [0.3, 0.4) is 0 Å². The quantitative estimate of drug-likeness (QED) is 0.718. The van der Waals surface area contributed by atoms with Gasteiger partial charge in [0.25, 0.3) is 0 Å². The van der Waals surface area contributed by atoms with Gasteiger partial charge in [0.2, 0.25) is 15.9 Å². The first kappa shape index (κ1) is 21.5. The standard InChI is InChI=1S/C19H22Cl2N2O3S/c1-5-18(19(24)22-16-7-6-12(2)13(3)8-16)23(27(4,25)26)17-10-14(20)9-15(21)11-17/h6-11,18H,5H2,1-4H3,(H,22,24)/t18-/m1/s1. The number of aryl methyl sites for hydroxylation is 2. The first-order valence-corrected chi connectivity index (χ1v) is 11.0. The Hall–Kier alpha value is -1.76. The van der Waals surface area contributed by atoms with Gasteiger partial charge in [0.15, 0.2) is 0 Å². The SMILES string of the molecule is CC[C@H](C(=O)Nc1ccc(C)c(C)c1)N(c1cc(Cl)cc(Cl)c1)S(C)(=O)=O. The maximum absolute atomic E-state index is 12.9. The van der Waals surface area contributed by atoms with Crippen LogP contribution in [0, 0.1) is 13.8 Å². The summed E-state index contributed by atoms with van der Waals surface area (Å²) in [5.41, 5.74) is 2.99. The zero-order valence-corrected chi connectivity index (χ0v) is 17.9. The van der Waals surface area contributed by atoms with Crippen LogP contribution in [0.25, 0.3) is 0 Å². The van der Waals surface area contributed by atoms with Crippen molar-refractivity contribution in [3.05, 3.63) is 57.6 Å². The van der Waals surface area contributed by atoms with Crippen molar-refractivity contribution < 1.29 is 13.2 Å². The molecule has 0 unspecified atom stereocenters. The minimum absolute atomic E-state index is 0.247. The number of carbonyl (C=O) groups excluding carboxylic acids is 1. The number of anilines is 2. The molecule has 0 bridgehead atoms. The normalized spacial score (nSPS) is 12.5. The van der Waals surface area contributed by atoms with Gasteiger partial charge in [-0.05, 0) is 61.7 Å². The second-order valence-electron chi connectivity index (χ2n) is 6.40.